The largest absolute Gasteiger partial charge is 0.573 e. The number of nitrogens with zero attached hydrogens (tertiary/aromatic N) is 3. The van der Waals surface area contributed by atoms with Gasteiger partial charge in [-0.25, -0.2) is 9.97 Å². The van der Waals surface area contributed by atoms with Gasteiger partial charge in [-0.1, -0.05) is 6.07 Å². The molecular formula is C23H27F3N4O3. The molecule has 5 rings (SSSR count). The summed E-state index contributed by atoms with van der Waals surface area (Å²) < 4.78 is 47.8. The summed E-state index contributed by atoms with van der Waals surface area (Å²) >= 11 is 0. The van der Waals surface area contributed by atoms with E-state index in [1.165, 1.54) is 24.5 Å². The van der Waals surface area contributed by atoms with Gasteiger partial charge in [-0.3, -0.25) is 4.79 Å². The van der Waals surface area contributed by atoms with Crippen molar-refractivity contribution in [2.75, 3.05) is 25.1 Å². The summed E-state index contributed by atoms with van der Waals surface area (Å²) in [5.41, 5.74) is 1.68. The standard InChI is InChI=1S/C23H25F3N4O3.H2/c24-23(25,26)33-19-9-15(8-17(10-19)16-2-3-16)11-27-21-28-12-18(13-29-21)20(31)30-6-5-22(30)4-1-7-32-14-22;/h8-10,12-13,16H,1-7,11,14H2,(H,27,28,29);1H/t22-;/m0./s1. The van der Waals surface area contributed by atoms with Crippen LogP contribution in [0.15, 0.2) is 30.6 Å². The number of aromatic nitrogens is 2. The fourth-order valence-electron chi connectivity index (χ4n) is 4.60. The zero-order chi connectivity index (χ0) is 23.1. The number of hydrogen-bond acceptors (Lipinski definition) is 6. The minimum absolute atomic E-state index is 0. The first-order chi connectivity index (χ1) is 15.8. The van der Waals surface area contributed by atoms with Gasteiger partial charge in [0.2, 0.25) is 5.95 Å². The van der Waals surface area contributed by atoms with Gasteiger partial charge in [0.05, 0.1) is 17.7 Å². The Bertz CT molecular complexity index is 1030. The highest BCUT2D eigenvalue weighted by Gasteiger charge is 2.48. The lowest BCUT2D eigenvalue weighted by Crippen LogP contribution is -2.65. The zero-order valence-corrected chi connectivity index (χ0v) is 18.0. The number of hydrogen-bond donors (Lipinski definition) is 1. The first-order valence-corrected chi connectivity index (χ1v) is 11.2. The third-order valence-corrected chi connectivity index (χ3v) is 6.54. The van der Waals surface area contributed by atoms with Crippen LogP contribution in [0.5, 0.6) is 5.75 Å². The fourth-order valence-corrected chi connectivity index (χ4v) is 4.60. The monoisotopic (exact) mass is 464 g/mol. The summed E-state index contributed by atoms with van der Waals surface area (Å²) in [4.78, 5) is 23.2. The number of amides is 1. The molecule has 0 radical (unpaired) electrons. The molecule has 0 bridgehead atoms. The second-order valence-electron chi connectivity index (χ2n) is 8.97. The summed E-state index contributed by atoms with van der Waals surface area (Å²) in [6.45, 7) is 2.23. The maximum Gasteiger partial charge on any atom is 0.573 e. The summed E-state index contributed by atoms with van der Waals surface area (Å²) in [7, 11) is 0. The molecule has 2 aromatic rings. The second kappa shape index (κ2) is 8.48. The molecule has 7 nitrogen and oxygen atoms in total. The van der Waals surface area contributed by atoms with Crippen molar-refractivity contribution >= 4 is 11.9 Å². The molecule has 1 aromatic heterocycles. The summed E-state index contributed by atoms with van der Waals surface area (Å²) in [5, 5.41) is 3.01. The Kier molecular flexibility index (Phi) is 5.64. The average Bonchev–Trinajstić information content (AvgIpc) is 3.62. The Morgan fingerprint density at radius 3 is 2.64 bits per heavy atom. The molecule has 2 aliphatic heterocycles. The van der Waals surface area contributed by atoms with Crippen LogP contribution in [-0.2, 0) is 11.3 Å². The molecule has 33 heavy (non-hydrogen) atoms. The van der Waals surface area contributed by atoms with E-state index in [9.17, 15) is 18.0 Å². The van der Waals surface area contributed by atoms with Crippen molar-refractivity contribution < 1.29 is 28.9 Å². The lowest BCUT2D eigenvalue weighted by atomic mass is 9.79. The average molecular weight is 464 g/mol. The number of nitrogens with one attached hydrogen (secondary N) is 1. The molecule has 1 atom stereocenters. The molecule has 0 unspecified atom stereocenters. The Hall–Kier alpha value is -2.88. The lowest BCUT2D eigenvalue weighted by molar-refractivity contribution is -0.274. The smallest absolute Gasteiger partial charge is 0.406 e. The Balaban J connectivity index is 0.00000274. The van der Waals surface area contributed by atoms with E-state index < -0.39 is 6.36 Å². The number of anilines is 1. The molecule has 1 N–H and O–H groups in total. The number of alkyl halides is 3. The molecule has 10 heteroatoms. The molecular weight excluding hydrogens is 437 g/mol. The molecule has 1 saturated carbocycles. The van der Waals surface area contributed by atoms with Crippen molar-refractivity contribution in [2.24, 2.45) is 0 Å². The Morgan fingerprint density at radius 2 is 2.03 bits per heavy atom. The first-order valence-electron chi connectivity index (χ1n) is 11.2. The number of carbonyl (C=O) groups is 1. The molecule has 1 aromatic carbocycles. The van der Waals surface area contributed by atoms with Crippen molar-refractivity contribution in [1.82, 2.24) is 14.9 Å². The topological polar surface area (TPSA) is 76.6 Å². The van der Waals surface area contributed by atoms with Crippen LogP contribution >= 0.6 is 0 Å². The van der Waals surface area contributed by atoms with E-state index in [2.05, 4.69) is 20.0 Å². The van der Waals surface area contributed by atoms with E-state index in [4.69, 9.17) is 4.74 Å². The van der Waals surface area contributed by atoms with Crippen molar-refractivity contribution in [3.63, 3.8) is 0 Å². The van der Waals surface area contributed by atoms with Gasteiger partial charge in [0.1, 0.15) is 5.75 Å². The number of benzene rings is 1. The van der Waals surface area contributed by atoms with E-state index in [1.54, 1.807) is 0 Å². The SMILES string of the molecule is O=C(c1cnc(NCc2cc(OC(F)(F)F)cc(C3CC3)c2)nc1)N1CC[C@]12CCCOC2.[HH]. The highest BCUT2D eigenvalue weighted by atomic mass is 19.4. The van der Waals surface area contributed by atoms with Crippen LogP contribution in [0.4, 0.5) is 19.1 Å². The van der Waals surface area contributed by atoms with Gasteiger partial charge in [-0.05, 0) is 61.3 Å². The number of likely N-dealkylation sites (tertiary alicyclic amines) is 1. The molecule has 1 aliphatic carbocycles. The molecule has 3 fully saturated rings. The maximum atomic E-state index is 12.9. The minimum Gasteiger partial charge on any atom is -0.406 e. The van der Waals surface area contributed by atoms with Crippen LogP contribution < -0.4 is 10.1 Å². The van der Waals surface area contributed by atoms with Gasteiger partial charge >= 0.3 is 6.36 Å². The van der Waals surface area contributed by atoms with Crippen LogP contribution in [0.3, 0.4) is 0 Å². The molecule has 2 saturated heterocycles. The molecule has 3 heterocycles. The van der Waals surface area contributed by atoms with E-state index in [0.717, 1.165) is 44.3 Å². The minimum atomic E-state index is -4.74. The quantitative estimate of drug-likeness (QED) is 0.678. The third-order valence-electron chi connectivity index (χ3n) is 6.54. The normalized spacial score (nSPS) is 22.7. The zero-order valence-electron chi connectivity index (χ0n) is 18.0. The second-order valence-corrected chi connectivity index (χ2v) is 8.97. The van der Waals surface area contributed by atoms with Gasteiger partial charge in [0, 0.05) is 33.5 Å². The number of halogens is 3. The van der Waals surface area contributed by atoms with Gasteiger partial charge in [0.25, 0.3) is 5.91 Å². The Labute approximate surface area is 190 Å². The van der Waals surface area contributed by atoms with Crippen LogP contribution in [-0.4, -0.2) is 52.4 Å². The van der Waals surface area contributed by atoms with E-state index in [0.29, 0.717) is 30.2 Å². The molecule has 3 aliphatic rings. The van der Waals surface area contributed by atoms with Crippen LogP contribution in [0.2, 0.25) is 0 Å². The summed E-state index contributed by atoms with van der Waals surface area (Å²) in [6.07, 6.45) is 2.98. The van der Waals surface area contributed by atoms with Crippen molar-refractivity contribution in [2.45, 2.75) is 56.5 Å². The highest BCUT2D eigenvalue weighted by Crippen LogP contribution is 2.42. The van der Waals surface area contributed by atoms with Gasteiger partial charge < -0.3 is 19.7 Å². The summed E-state index contributed by atoms with van der Waals surface area (Å²) in [5.74, 6) is 0.243. The maximum absolute atomic E-state index is 12.9. The van der Waals surface area contributed by atoms with Crippen molar-refractivity contribution in [3.8, 4) is 5.75 Å². The van der Waals surface area contributed by atoms with Gasteiger partial charge in [-0.2, -0.15) is 0 Å². The fraction of sp³-hybridized carbons (Fsp3) is 0.522. The number of rotatable bonds is 6. The molecule has 1 spiro atoms. The van der Waals surface area contributed by atoms with Crippen molar-refractivity contribution in [3.05, 3.63) is 47.3 Å². The van der Waals surface area contributed by atoms with E-state index in [1.807, 2.05) is 11.0 Å². The highest BCUT2D eigenvalue weighted by molar-refractivity contribution is 5.94. The lowest BCUT2D eigenvalue weighted by Gasteiger charge is -2.54. The van der Waals surface area contributed by atoms with Gasteiger partial charge in [-0.15, -0.1) is 13.2 Å². The molecule has 1 amide bonds. The predicted molar refractivity (Wildman–Crippen MR) is 115 cm³/mol. The van der Waals surface area contributed by atoms with Crippen LogP contribution in [0.1, 0.15) is 60.9 Å². The number of ether oxygens (including phenoxy) is 2. The third kappa shape index (κ3) is 4.90. The Morgan fingerprint density at radius 1 is 1.24 bits per heavy atom. The van der Waals surface area contributed by atoms with Gasteiger partial charge in [0.15, 0.2) is 0 Å². The van der Waals surface area contributed by atoms with E-state index in [-0.39, 0.29) is 31.1 Å². The van der Waals surface area contributed by atoms with Crippen LogP contribution in [0, 0.1) is 0 Å². The predicted octanol–water partition coefficient (Wildman–Crippen LogP) is 4.51. The van der Waals surface area contributed by atoms with Crippen molar-refractivity contribution in [1.29, 1.82) is 0 Å². The first kappa shape index (κ1) is 21.9. The number of carbonyl (C=O) groups excluding carboxylic acids is 1. The molecule has 178 valence electrons. The van der Waals surface area contributed by atoms with E-state index >= 15 is 0 Å². The summed E-state index contributed by atoms with van der Waals surface area (Å²) in [6, 6.07) is 4.69. The van der Waals surface area contributed by atoms with Crippen LogP contribution in [0.25, 0.3) is 0 Å².